The zero-order valence-electron chi connectivity index (χ0n) is 10.3. The van der Waals surface area contributed by atoms with E-state index in [1.807, 2.05) is 29.7 Å². The van der Waals surface area contributed by atoms with Crippen LogP contribution < -0.4 is 0 Å². The average molecular weight is 232 g/mol. The zero-order valence-corrected chi connectivity index (χ0v) is 10.3. The van der Waals surface area contributed by atoms with E-state index in [1.165, 1.54) is 0 Å². The molecule has 0 saturated heterocycles. The predicted molar refractivity (Wildman–Crippen MR) is 64.6 cm³/mol. The molecule has 0 unspecified atom stereocenters. The molecule has 0 spiro atoms. The second kappa shape index (κ2) is 5.05. The summed E-state index contributed by atoms with van der Waals surface area (Å²) in [5.41, 5.74) is 0.830. The molecule has 2 aromatic heterocycles. The standard InChI is InChI=1S/C12H16N4O/c1-9(8-17-3)16-10(2)14-15-12(16)11-6-4-5-7-13-11/h4-7,9H,8H2,1-3H3/t9-/m0/s1. The molecule has 17 heavy (non-hydrogen) atoms. The first-order chi connectivity index (χ1) is 8.24. The number of aromatic nitrogens is 4. The van der Waals surface area contributed by atoms with E-state index in [2.05, 4.69) is 22.1 Å². The molecule has 0 bridgehead atoms. The molecular formula is C12H16N4O. The molecule has 0 saturated carbocycles. The lowest BCUT2D eigenvalue weighted by Crippen LogP contribution is -2.14. The van der Waals surface area contributed by atoms with Crippen LogP contribution in [0.1, 0.15) is 18.8 Å². The van der Waals surface area contributed by atoms with Gasteiger partial charge in [0.05, 0.1) is 12.6 Å². The van der Waals surface area contributed by atoms with Crippen LogP contribution in [0.4, 0.5) is 0 Å². The molecule has 0 N–H and O–H groups in total. The van der Waals surface area contributed by atoms with Crippen LogP contribution in [0.3, 0.4) is 0 Å². The summed E-state index contributed by atoms with van der Waals surface area (Å²) in [6, 6.07) is 5.94. The number of aryl methyl sites for hydroxylation is 1. The van der Waals surface area contributed by atoms with Gasteiger partial charge in [0.15, 0.2) is 5.82 Å². The Morgan fingerprint density at radius 2 is 2.18 bits per heavy atom. The van der Waals surface area contributed by atoms with Gasteiger partial charge in [0, 0.05) is 13.3 Å². The maximum absolute atomic E-state index is 5.18. The number of rotatable bonds is 4. The summed E-state index contributed by atoms with van der Waals surface area (Å²) in [6.07, 6.45) is 1.75. The topological polar surface area (TPSA) is 52.8 Å². The minimum absolute atomic E-state index is 0.187. The second-order valence-electron chi connectivity index (χ2n) is 3.96. The zero-order chi connectivity index (χ0) is 12.3. The van der Waals surface area contributed by atoms with E-state index in [4.69, 9.17) is 4.74 Å². The molecule has 0 fully saturated rings. The lowest BCUT2D eigenvalue weighted by atomic mass is 10.3. The Labute approximate surface area is 100 Å². The monoisotopic (exact) mass is 232 g/mol. The molecule has 0 aliphatic carbocycles. The largest absolute Gasteiger partial charge is 0.383 e. The molecule has 5 nitrogen and oxygen atoms in total. The fraction of sp³-hybridized carbons (Fsp3) is 0.417. The fourth-order valence-corrected chi connectivity index (χ4v) is 1.88. The maximum Gasteiger partial charge on any atom is 0.182 e. The van der Waals surface area contributed by atoms with E-state index in [-0.39, 0.29) is 6.04 Å². The van der Waals surface area contributed by atoms with Gasteiger partial charge < -0.3 is 9.30 Å². The number of nitrogens with zero attached hydrogens (tertiary/aromatic N) is 4. The van der Waals surface area contributed by atoms with Crippen molar-refractivity contribution in [3.63, 3.8) is 0 Å². The van der Waals surface area contributed by atoms with Crippen LogP contribution in [0, 0.1) is 6.92 Å². The lowest BCUT2D eigenvalue weighted by molar-refractivity contribution is 0.162. The molecule has 0 radical (unpaired) electrons. The molecule has 1 atom stereocenters. The van der Waals surface area contributed by atoms with Gasteiger partial charge in [-0.05, 0) is 26.0 Å². The van der Waals surface area contributed by atoms with Gasteiger partial charge >= 0.3 is 0 Å². The van der Waals surface area contributed by atoms with Gasteiger partial charge in [-0.3, -0.25) is 4.98 Å². The van der Waals surface area contributed by atoms with Gasteiger partial charge in [0.2, 0.25) is 0 Å². The molecule has 5 heteroatoms. The highest BCUT2D eigenvalue weighted by atomic mass is 16.5. The average Bonchev–Trinajstić information content (AvgIpc) is 2.73. The number of pyridine rings is 1. The third-order valence-corrected chi connectivity index (χ3v) is 2.61. The summed E-state index contributed by atoms with van der Waals surface area (Å²) in [6.45, 7) is 4.64. The van der Waals surface area contributed by atoms with Gasteiger partial charge in [-0.25, -0.2) is 0 Å². The number of ether oxygens (including phenoxy) is 1. The third-order valence-electron chi connectivity index (χ3n) is 2.61. The van der Waals surface area contributed by atoms with E-state index in [1.54, 1.807) is 13.3 Å². The minimum Gasteiger partial charge on any atom is -0.383 e. The van der Waals surface area contributed by atoms with Crippen molar-refractivity contribution in [2.24, 2.45) is 0 Å². The van der Waals surface area contributed by atoms with Crippen LogP contribution >= 0.6 is 0 Å². The Kier molecular flexibility index (Phi) is 3.49. The maximum atomic E-state index is 5.18. The van der Waals surface area contributed by atoms with Crippen molar-refractivity contribution in [1.29, 1.82) is 0 Å². The molecule has 2 heterocycles. The highest BCUT2D eigenvalue weighted by molar-refractivity contribution is 5.49. The molecule has 0 aliphatic heterocycles. The van der Waals surface area contributed by atoms with Crippen LogP contribution in [0.5, 0.6) is 0 Å². The van der Waals surface area contributed by atoms with E-state index >= 15 is 0 Å². The van der Waals surface area contributed by atoms with Gasteiger partial charge in [-0.15, -0.1) is 10.2 Å². The summed E-state index contributed by atoms with van der Waals surface area (Å²) in [5.74, 6) is 1.66. The van der Waals surface area contributed by atoms with Crippen LogP contribution in [-0.2, 0) is 4.74 Å². The van der Waals surface area contributed by atoms with Gasteiger partial charge in [0.1, 0.15) is 11.5 Å². The van der Waals surface area contributed by atoms with Gasteiger partial charge in [-0.1, -0.05) is 6.07 Å². The smallest absolute Gasteiger partial charge is 0.182 e. The highest BCUT2D eigenvalue weighted by Gasteiger charge is 2.16. The van der Waals surface area contributed by atoms with Crippen molar-refractivity contribution in [2.45, 2.75) is 19.9 Å². The molecule has 0 aliphatic rings. The Balaban J connectivity index is 2.42. The predicted octanol–water partition coefficient (Wildman–Crippen LogP) is 1.86. The molecular weight excluding hydrogens is 216 g/mol. The van der Waals surface area contributed by atoms with Crippen molar-refractivity contribution in [2.75, 3.05) is 13.7 Å². The molecule has 2 aromatic rings. The molecule has 0 aromatic carbocycles. The summed E-state index contributed by atoms with van der Waals surface area (Å²) in [4.78, 5) is 4.30. The normalized spacial score (nSPS) is 12.6. The van der Waals surface area contributed by atoms with E-state index in [9.17, 15) is 0 Å². The van der Waals surface area contributed by atoms with Crippen LogP contribution in [0.25, 0.3) is 11.5 Å². The Morgan fingerprint density at radius 1 is 1.35 bits per heavy atom. The summed E-state index contributed by atoms with van der Waals surface area (Å²) >= 11 is 0. The lowest BCUT2D eigenvalue weighted by Gasteiger charge is -2.15. The van der Waals surface area contributed by atoms with Crippen LogP contribution in [0.2, 0.25) is 0 Å². The second-order valence-corrected chi connectivity index (χ2v) is 3.96. The SMILES string of the molecule is COC[C@H](C)n1c(C)nnc1-c1ccccn1. The number of methoxy groups -OCH3 is 1. The molecule has 2 rings (SSSR count). The van der Waals surface area contributed by atoms with Crippen molar-refractivity contribution >= 4 is 0 Å². The third kappa shape index (κ3) is 2.34. The Morgan fingerprint density at radius 3 is 2.82 bits per heavy atom. The van der Waals surface area contributed by atoms with Crippen molar-refractivity contribution in [3.05, 3.63) is 30.2 Å². The Hall–Kier alpha value is -1.75. The van der Waals surface area contributed by atoms with Crippen molar-refractivity contribution in [3.8, 4) is 11.5 Å². The first-order valence-electron chi connectivity index (χ1n) is 5.56. The van der Waals surface area contributed by atoms with Crippen LogP contribution in [0.15, 0.2) is 24.4 Å². The number of hydrogen-bond donors (Lipinski definition) is 0. The van der Waals surface area contributed by atoms with Gasteiger partial charge in [-0.2, -0.15) is 0 Å². The highest BCUT2D eigenvalue weighted by Crippen LogP contribution is 2.20. The van der Waals surface area contributed by atoms with Crippen molar-refractivity contribution in [1.82, 2.24) is 19.7 Å². The summed E-state index contributed by atoms with van der Waals surface area (Å²) < 4.78 is 7.22. The van der Waals surface area contributed by atoms with Crippen LogP contribution in [-0.4, -0.2) is 33.5 Å². The Bertz CT molecular complexity index is 481. The summed E-state index contributed by atoms with van der Waals surface area (Å²) in [5, 5.41) is 8.30. The van der Waals surface area contributed by atoms with E-state index in [0.717, 1.165) is 17.3 Å². The first-order valence-corrected chi connectivity index (χ1v) is 5.56. The van der Waals surface area contributed by atoms with Gasteiger partial charge in [0.25, 0.3) is 0 Å². The molecule has 0 amide bonds. The fourth-order valence-electron chi connectivity index (χ4n) is 1.88. The quantitative estimate of drug-likeness (QED) is 0.807. The molecule has 90 valence electrons. The number of hydrogen-bond acceptors (Lipinski definition) is 4. The van der Waals surface area contributed by atoms with Crippen molar-refractivity contribution < 1.29 is 4.74 Å². The van der Waals surface area contributed by atoms with E-state index < -0.39 is 0 Å². The first kappa shape index (κ1) is 11.7. The van der Waals surface area contributed by atoms with E-state index in [0.29, 0.717) is 6.61 Å². The summed E-state index contributed by atoms with van der Waals surface area (Å²) in [7, 11) is 1.69. The minimum atomic E-state index is 0.187.